The van der Waals surface area contributed by atoms with Crippen LogP contribution in [0.25, 0.3) is 43.1 Å². The second kappa shape index (κ2) is 9.84. The van der Waals surface area contributed by atoms with Crippen molar-refractivity contribution >= 4 is 66.7 Å². The normalized spacial score (nSPS) is 15.1. The van der Waals surface area contributed by atoms with E-state index in [1.54, 1.807) is 12.1 Å². The zero-order valence-corrected chi connectivity index (χ0v) is 23.6. The lowest BCUT2D eigenvalue weighted by atomic mass is 9.82. The second-order valence-electron chi connectivity index (χ2n) is 11.4. The van der Waals surface area contributed by atoms with Crippen LogP contribution in [0.3, 0.4) is 0 Å². The molecular weight excluding hydrogens is 530 g/mol. The molecule has 0 saturated heterocycles. The maximum absolute atomic E-state index is 13.6. The molecule has 0 aliphatic carbocycles. The number of hydrogen-bond donors (Lipinski definition) is 2. The van der Waals surface area contributed by atoms with Crippen molar-refractivity contribution < 1.29 is 19.2 Å². The molecule has 2 aliphatic heterocycles. The van der Waals surface area contributed by atoms with E-state index in [0.717, 1.165) is 38.9 Å². The summed E-state index contributed by atoms with van der Waals surface area (Å²) in [5, 5.41) is 9.72. The van der Waals surface area contributed by atoms with E-state index >= 15 is 0 Å². The Kier molecular flexibility index (Phi) is 6.20. The van der Waals surface area contributed by atoms with Crippen LogP contribution in [0.2, 0.25) is 0 Å². The van der Waals surface area contributed by atoms with Gasteiger partial charge in [-0.05, 0) is 83.6 Å². The van der Waals surface area contributed by atoms with Crippen LogP contribution in [0.5, 0.6) is 0 Å². The molecule has 2 aliphatic rings. The molecule has 9 nitrogen and oxygen atoms in total. The van der Waals surface area contributed by atoms with Gasteiger partial charge in [-0.2, -0.15) is 0 Å². The molecule has 0 spiro atoms. The summed E-state index contributed by atoms with van der Waals surface area (Å²) in [4.78, 5) is 59.0. The van der Waals surface area contributed by atoms with E-state index in [4.69, 9.17) is 5.73 Å². The summed E-state index contributed by atoms with van der Waals surface area (Å²) < 4.78 is 0. The number of carbonyl (C=O) groups is 4. The molecule has 4 amide bonds. The third kappa shape index (κ3) is 3.67. The Hall–Kier alpha value is -4.44. The van der Waals surface area contributed by atoms with Gasteiger partial charge in [0.1, 0.15) is 0 Å². The predicted octanol–water partition coefficient (Wildman–Crippen LogP) is 3.43. The van der Waals surface area contributed by atoms with Crippen molar-refractivity contribution in [2.24, 2.45) is 5.73 Å². The van der Waals surface area contributed by atoms with Crippen molar-refractivity contribution in [3.05, 3.63) is 70.8 Å². The largest absolute Gasteiger partial charge is 0.329 e. The average molecular weight is 562 g/mol. The molecule has 2 heterocycles. The molecule has 9 heteroatoms. The SMILES string of the molecule is CN(C)CCCN1C(=O)c2ccc3c4ccc5c6c(ccc(c7ccc(c2c37)C1=O)c64)C(=O)N(CCNCCN)C5=O. The maximum atomic E-state index is 13.6. The molecule has 7 rings (SSSR count). The summed E-state index contributed by atoms with van der Waals surface area (Å²) in [6, 6.07) is 14.9. The first-order valence-electron chi connectivity index (χ1n) is 14.3. The minimum Gasteiger partial charge on any atom is -0.329 e. The molecule has 0 aromatic heterocycles. The zero-order chi connectivity index (χ0) is 29.3. The number of imide groups is 2. The van der Waals surface area contributed by atoms with Crippen molar-refractivity contribution in [2.75, 3.05) is 53.4 Å². The summed E-state index contributed by atoms with van der Waals surface area (Å²) >= 11 is 0. The van der Waals surface area contributed by atoms with Crippen LogP contribution in [-0.2, 0) is 0 Å². The van der Waals surface area contributed by atoms with Gasteiger partial charge in [0.25, 0.3) is 23.6 Å². The van der Waals surface area contributed by atoms with Gasteiger partial charge in [-0.25, -0.2) is 0 Å². The lowest BCUT2D eigenvalue weighted by molar-refractivity contribution is 0.0593. The van der Waals surface area contributed by atoms with E-state index in [1.165, 1.54) is 9.80 Å². The summed E-state index contributed by atoms with van der Waals surface area (Å²) in [6.45, 7) is 2.93. The quantitative estimate of drug-likeness (QED) is 0.123. The third-order valence-corrected chi connectivity index (χ3v) is 8.62. The maximum Gasteiger partial charge on any atom is 0.261 e. The second-order valence-corrected chi connectivity index (χ2v) is 11.4. The Balaban J connectivity index is 1.41. The minimum atomic E-state index is -0.313. The zero-order valence-electron chi connectivity index (χ0n) is 23.6. The van der Waals surface area contributed by atoms with Crippen LogP contribution in [-0.4, -0.2) is 91.7 Å². The molecule has 5 aromatic rings. The summed E-state index contributed by atoms with van der Waals surface area (Å²) in [6.07, 6.45) is 0.693. The highest BCUT2D eigenvalue weighted by molar-refractivity contribution is 6.41. The first kappa shape index (κ1) is 26.5. The average Bonchev–Trinajstić information content (AvgIpc) is 2.99. The first-order chi connectivity index (χ1) is 20.3. The third-order valence-electron chi connectivity index (χ3n) is 8.62. The molecule has 0 bridgehead atoms. The number of hydrogen-bond acceptors (Lipinski definition) is 7. The Morgan fingerprint density at radius 1 is 0.595 bits per heavy atom. The van der Waals surface area contributed by atoms with Crippen LogP contribution in [0.1, 0.15) is 47.9 Å². The molecule has 0 fully saturated rings. The molecule has 0 saturated carbocycles. The molecular formula is C33H31N5O4. The van der Waals surface area contributed by atoms with E-state index < -0.39 is 0 Å². The number of carbonyl (C=O) groups excluding carboxylic acids is 4. The van der Waals surface area contributed by atoms with Crippen molar-refractivity contribution in [1.82, 2.24) is 20.0 Å². The summed E-state index contributed by atoms with van der Waals surface area (Å²) in [7, 11) is 3.93. The van der Waals surface area contributed by atoms with E-state index in [2.05, 4.69) is 5.32 Å². The van der Waals surface area contributed by atoms with Crippen LogP contribution in [0, 0.1) is 0 Å². The monoisotopic (exact) mass is 561 g/mol. The van der Waals surface area contributed by atoms with Gasteiger partial charge >= 0.3 is 0 Å². The number of fused-ring (bicyclic) bond motifs is 2. The van der Waals surface area contributed by atoms with Gasteiger partial charge in [0, 0.05) is 65.8 Å². The van der Waals surface area contributed by atoms with Gasteiger partial charge in [0.05, 0.1) is 0 Å². The Morgan fingerprint density at radius 2 is 1.00 bits per heavy atom. The standard InChI is InChI=1S/C33H31N5O4/c1-36(2)15-3-16-37-30(39)22-8-4-18-20-6-10-24-29-25(33(42)38(32(24)41)17-14-35-13-12-34)11-7-21(27(20)29)19-5-9-23(31(37)40)28(22)26(18)19/h4-11,35H,3,12-17,34H2,1-2H3. The number of rotatable bonds is 9. The Bertz CT molecular complexity index is 1860. The van der Waals surface area contributed by atoms with Gasteiger partial charge in [0.15, 0.2) is 0 Å². The number of nitrogens with one attached hydrogen (secondary N) is 1. The number of amides is 4. The van der Waals surface area contributed by atoms with E-state index in [-0.39, 0.29) is 30.2 Å². The molecule has 0 atom stereocenters. The molecule has 0 unspecified atom stereocenters. The highest BCUT2D eigenvalue weighted by Gasteiger charge is 2.36. The smallest absolute Gasteiger partial charge is 0.261 e. The van der Waals surface area contributed by atoms with E-state index in [1.807, 2.05) is 55.4 Å². The molecule has 212 valence electrons. The topological polar surface area (TPSA) is 116 Å². The fourth-order valence-corrected chi connectivity index (χ4v) is 6.74. The van der Waals surface area contributed by atoms with Gasteiger partial charge in [-0.1, -0.05) is 24.3 Å². The van der Waals surface area contributed by atoms with Crippen molar-refractivity contribution in [1.29, 1.82) is 0 Å². The van der Waals surface area contributed by atoms with Crippen LogP contribution in [0.4, 0.5) is 0 Å². The minimum absolute atomic E-state index is 0.254. The summed E-state index contributed by atoms with van der Waals surface area (Å²) in [5.41, 5.74) is 7.59. The van der Waals surface area contributed by atoms with Gasteiger partial charge in [-0.15, -0.1) is 0 Å². The van der Waals surface area contributed by atoms with E-state index in [0.29, 0.717) is 65.6 Å². The van der Waals surface area contributed by atoms with Gasteiger partial charge < -0.3 is 16.0 Å². The van der Waals surface area contributed by atoms with Crippen LogP contribution in [0.15, 0.2) is 48.5 Å². The first-order valence-corrected chi connectivity index (χ1v) is 14.3. The van der Waals surface area contributed by atoms with Crippen LogP contribution < -0.4 is 11.1 Å². The fourth-order valence-electron chi connectivity index (χ4n) is 6.74. The van der Waals surface area contributed by atoms with Crippen molar-refractivity contribution in [2.45, 2.75) is 6.42 Å². The lowest BCUT2D eigenvalue weighted by Crippen LogP contribution is -2.44. The Morgan fingerprint density at radius 3 is 1.38 bits per heavy atom. The fraction of sp³-hybridized carbons (Fsp3) is 0.273. The Labute approximate surface area is 242 Å². The van der Waals surface area contributed by atoms with E-state index in [9.17, 15) is 19.2 Å². The number of benzene rings is 5. The predicted molar refractivity (Wildman–Crippen MR) is 163 cm³/mol. The lowest BCUT2D eigenvalue weighted by Gasteiger charge is -2.30. The molecule has 42 heavy (non-hydrogen) atoms. The molecule has 3 N–H and O–H groups in total. The highest BCUT2D eigenvalue weighted by Crippen LogP contribution is 2.46. The van der Waals surface area contributed by atoms with Gasteiger partial charge in [0.2, 0.25) is 0 Å². The summed E-state index contributed by atoms with van der Waals surface area (Å²) in [5.74, 6) is -1.17. The van der Waals surface area contributed by atoms with Gasteiger partial charge in [-0.3, -0.25) is 29.0 Å². The highest BCUT2D eigenvalue weighted by atomic mass is 16.2. The van der Waals surface area contributed by atoms with Crippen molar-refractivity contribution in [3.8, 4) is 0 Å². The molecule has 0 radical (unpaired) electrons. The van der Waals surface area contributed by atoms with Crippen LogP contribution >= 0.6 is 0 Å². The van der Waals surface area contributed by atoms with Crippen molar-refractivity contribution in [3.63, 3.8) is 0 Å². The molecule has 5 aromatic carbocycles. The number of nitrogens with two attached hydrogens (primary N) is 1. The number of nitrogens with zero attached hydrogens (tertiary/aromatic N) is 3.